The average Bonchev–Trinajstić information content (AvgIpc) is 2.36. The zero-order valence-corrected chi connectivity index (χ0v) is 11.2. The first kappa shape index (κ1) is 14.6. The number of hydrogen-bond acceptors (Lipinski definition) is 4. The molecule has 0 bridgehead atoms. The van der Waals surface area contributed by atoms with Crippen LogP contribution in [0.1, 0.15) is 19.8 Å². The van der Waals surface area contributed by atoms with Gasteiger partial charge in [-0.1, -0.05) is 6.92 Å². The summed E-state index contributed by atoms with van der Waals surface area (Å²) in [7, 11) is 0. The fourth-order valence-corrected chi connectivity index (χ4v) is 2.40. The number of anilines is 1. The normalized spacial score (nSPS) is 17.8. The number of nitro benzene ring substituents is 1. The van der Waals surface area contributed by atoms with E-state index in [2.05, 4.69) is 17.6 Å². The molecule has 0 atom stereocenters. The van der Waals surface area contributed by atoms with Gasteiger partial charge in [0.2, 0.25) is 5.82 Å². The highest BCUT2D eigenvalue weighted by atomic mass is 19.1. The van der Waals surface area contributed by atoms with E-state index >= 15 is 0 Å². The molecule has 0 unspecified atom stereocenters. The number of halogens is 2. The highest BCUT2D eigenvalue weighted by molar-refractivity contribution is 5.62. The van der Waals surface area contributed by atoms with Gasteiger partial charge in [-0.2, -0.15) is 4.39 Å². The van der Waals surface area contributed by atoms with Crippen LogP contribution in [0.15, 0.2) is 12.1 Å². The van der Waals surface area contributed by atoms with Gasteiger partial charge in [-0.3, -0.25) is 10.1 Å². The summed E-state index contributed by atoms with van der Waals surface area (Å²) >= 11 is 0. The number of rotatable bonds is 4. The van der Waals surface area contributed by atoms with Crippen LogP contribution in [-0.2, 0) is 0 Å². The molecule has 20 heavy (non-hydrogen) atoms. The molecule has 0 spiro atoms. The molecule has 0 aliphatic carbocycles. The number of nitrogens with one attached hydrogen (secondary N) is 2. The minimum Gasteiger partial charge on any atom is -0.379 e. The second kappa shape index (κ2) is 5.70. The van der Waals surface area contributed by atoms with Crippen molar-refractivity contribution in [3.63, 3.8) is 0 Å². The molecule has 5 nitrogen and oxygen atoms in total. The van der Waals surface area contributed by atoms with Crippen LogP contribution in [0.2, 0.25) is 0 Å². The summed E-state index contributed by atoms with van der Waals surface area (Å²) in [6, 6.07) is 1.49. The number of piperidine rings is 1. The first-order valence-electron chi connectivity index (χ1n) is 6.49. The Kier molecular flexibility index (Phi) is 4.17. The van der Waals surface area contributed by atoms with E-state index in [0.29, 0.717) is 12.6 Å². The minimum absolute atomic E-state index is 0.0398. The molecule has 2 rings (SSSR count). The van der Waals surface area contributed by atoms with Gasteiger partial charge in [0.25, 0.3) is 0 Å². The van der Waals surface area contributed by atoms with Crippen molar-refractivity contribution in [2.45, 2.75) is 19.8 Å². The van der Waals surface area contributed by atoms with Crippen LogP contribution in [0.25, 0.3) is 0 Å². The molecule has 1 aromatic carbocycles. The summed E-state index contributed by atoms with van der Waals surface area (Å²) in [5, 5.41) is 16.9. The van der Waals surface area contributed by atoms with E-state index in [4.69, 9.17) is 0 Å². The third-order valence-electron chi connectivity index (χ3n) is 3.73. The van der Waals surface area contributed by atoms with Crippen molar-refractivity contribution in [2.75, 3.05) is 25.0 Å². The SMILES string of the molecule is CC1(CNc2cc(F)cc(F)c2[N+](=O)[O-])CCNCC1. The van der Waals surface area contributed by atoms with E-state index < -0.39 is 22.2 Å². The van der Waals surface area contributed by atoms with Gasteiger partial charge in [-0.05, 0) is 31.3 Å². The molecule has 1 aromatic rings. The van der Waals surface area contributed by atoms with Crippen molar-refractivity contribution >= 4 is 11.4 Å². The first-order chi connectivity index (χ1) is 9.41. The maximum absolute atomic E-state index is 13.5. The minimum atomic E-state index is -1.16. The smallest absolute Gasteiger partial charge is 0.327 e. The number of hydrogen-bond donors (Lipinski definition) is 2. The Morgan fingerprint density at radius 3 is 2.65 bits per heavy atom. The van der Waals surface area contributed by atoms with Crippen molar-refractivity contribution in [3.05, 3.63) is 33.9 Å². The highest BCUT2D eigenvalue weighted by Gasteiger charge is 2.28. The third-order valence-corrected chi connectivity index (χ3v) is 3.73. The van der Waals surface area contributed by atoms with Gasteiger partial charge in [0, 0.05) is 18.7 Å². The van der Waals surface area contributed by atoms with E-state index in [1.54, 1.807) is 0 Å². The first-order valence-corrected chi connectivity index (χ1v) is 6.49. The molecule has 2 N–H and O–H groups in total. The molecule has 1 aliphatic heterocycles. The van der Waals surface area contributed by atoms with Gasteiger partial charge in [-0.25, -0.2) is 4.39 Å². The van der Waals surface area contributed by atoms with Crippen LogP contribution in [0.4, 0.5) is 20.2 Å². The lowest BCUT2D eigenvalue weighted by Crippen LogP contribution is -2.39. The van der Waals surface area contributed by atoms with Crippen LogP contribution >= 0.6 is 0 Å². The molecule has 0 aromatic heterocycles. The summed E-state index contributed by atoms with van der Waals surface area (Å²) in [4.78, 5) is 10.0. The topological polar surface area (TPSA) is 67.2 Å². The molecule has 7 heteroatoms. The molecule has 1 saturated heterocycles. The molecule has 110 valence electrons. The molecule has 1 heterocycles. The van der Waals surface area contributed by atoms with Crippen LogP contribution < -0.4 is 10.6 Å². The van der Waals surface area contributed by atoms with Crippen LogP contribution in [0, 0.1) is 27.2 Å². The Labute approximate surface area is 115 Å². The van der Waals surface area contributed by atoms with Gasteiger partial charge in [0.15, 0.2) is 0 Å². The molecule has 0 amide bonds. The summed E-state index contributed by atoms with van der Waals surface area (Å²) in [5.41, 5.74) is -0.849. The Balaban J connectivity index is 2.18. The summed E-state index contributed by atoms with van der Waals surface area (Å²) < 4.78 is 26.7. The molecule has 1 aliphatic rings. The molecule has 0 radical (unpaired) electrons. The zero-order valence-electron chi connectivity index (χ0n) is 11.2. The molecule has 1 fully saturated rings. The standard InChI is InChI=1S/C13H17F2N3O2/c1-13(2-4-16-5-3-13)8-17-11-7-9(14)6-10(15)12(11)18(19)20/h6-7,16-17H,2-5,8H2,1H3. The van der Waals surface area contributed by atoms with Gasteiger partial charge in [0.1, 0.15) is 11.5 Å². The van der Waals surface area contributed by atoms with Crippen molar-refractivity contribution in [2.24, 2.45) is 5.41 Å². The molecular weight excluding hydrogens is 268 g/mol. The van der Waals surface area contributed by atoms with Crippen molar-refractivity contribution in [1.29, 1.82) is 0 Å². The summed E-state index contributed by atoms with van der Waals surface area (Å²) in [6.07, 6.45) is 1.82. The highest BCUT2D eigenvalue weighted by Crippen LogP contribution is 2.32. The molecule has 0 saturated carbocycles. The van der Waals surface area contributed by atoms with E-state index in [1.807, 2.05) is 0 Å². The largest absolute Gasteiger partial charge is 0.379 e. The summed E-state index contributed by atoms with van der Waals surface area (Å²) in [5.74, 6) is -1.99. The number of nitro groups is 1. The van der Waals surface area contributed by atoms with Crippen molar-refractivity contribution < 1.29 is 13.7 Å². The van der Waals surface area contributed by atoms with Gasteiger partial charge >= 0.3 is 5.69 Å². The summed E-state index contributed by atoms with van der Waals surface area (Å²) in [6.45, 7) is 4.25. The maximum atomic E-state index is 13.5. The fourth-order valence-electron chi connectivity index (χ4n) is 2.40. The van der Waals surface area contributed by atoms with E-state index in [1.165, 1.54) is 0 Å². The van der Waals surface area contributed by atoms with E-state index in [0.717, 1.165) is 32.0 Å². The Hall–Kier alpha value is -1.76. The number of benzene rings is 1. The van der Waals surface area contributed by atoms with Crippen molar-refractivity contribution in [3.8, 4) is 0 Å². The van der Waals surface area contributed by atoms with E-state index in [-0.39, 0.29) is 11.1 Å². The third kappa shape index (κ3) is 3.22. The zero-order chi connectivity index (χ0) is 14.8. The lowest BCUT2D eigenvalue weighted by Gasteiger charge is -2.34. The lowest BCUT2D eigenvalue weighted by molar-refractivity contribution is -0.386. The second-order valence-electron chi connectivity index (χ2n) is 5.46. The van der Waals surface area contributed by atoms with E-state index in [9.17, 15) is 18.9 Å². The monoisotopic (exact) mass is 285 g/mol. The average molecular weight is 285 g/mol. The predicted molar refractivity (Wildman–Crippen MR) is 71.7 cm³/mol. The fraction of sp³-hybridized carbons (Fsp3) is 0.538. The van der Waals surface area contributed by atoms with Crippen molar-refractivity contribution in [1.82, 2.24) is 5.32 Å². The van der Waals surface area contributed by atoms with Gasteiger partial charge in [-0.15, -0.1) is 0 Å². The Bertz CT molecular complexity index is 517. The lowest BCUT2D eigenvalue weighted by atomic mass is 9.81. The maximum Gasteiger partial charge on any atom is 0.327 e. The second-order valence-corrected chi connectivity index (χ2v) is 5.46. The number of nitrogens with zero attached hydrogens (tertiary/aromatic N) is 1. The Morgan fingerprint density at radius 2 is 2.05 bits per heavy atom. The molecular formula is C13H17F2N3O2. The van der Waals surface area contributed by atoms with Crippen LogP contribution in [0.3, 0.4) is 0 Å². The van der Waals surface area contributed by atoms with Gasteiger partial charge < -0.3 is 10.6 Å². The predicted octanol–water partition coefficient (Wildman–Crippen LogP) is 2.67. The van der Waals surface area contributed by atoms with Crippen LogP contribution in [0.5, 0.6) is 0 Å². The Morgan fingerprint density at radius 1 is 1.40 bits per heavy atom. The van der Waals surface area contributed by atoms with Gasteiger partial charge in [0.05, 0.1) is 4.92 Å². The quantitative estimate of drug-likeness (QED) is 0.659. The van der Waals surface area contributed by atoms with Crippen LogP contribution in [-0.4, -0.2) is 24.6 Å².